The lowest BCUT2D eigenvalue weighted by Crippen LogP contribution is -2.03. The van der Waals surface area contributed by atoms with E-state index in [-0.39, 0.29) is 12.1 Å². The molecule has 2 N–H and O–H groups in total. The third kappa shape index (κ3) is 2.44. The van der Waals surface area contributed by atoms with Gasteiger partial charge in [-0.2, -0.15) is 9.15 Å². The number of nitrogens with zero attached hydrogens (tertiary/aromatic N) is 1. The number of nitrogens with two attached hydrogens (primary N) is 1. The van der Waals surface area contributed by atoms with Crippen molar-refractivity contribution in [3.63, 3.8) is 0 Å². The van der Waals surface area contributed by atoms with Crippen LogP contribution in [0.4, 0.5) is 3.89 Å². The van der Waals surface area contributed by atoms with Gasteiger partial charge in [-0.3, -0.25) is 0 Å². The van der Waals surface area contributed by atoms with Crippen molar-refractivity contribution in [2.45, 2.75) is 11.3 Å². The van der Waals surface area contributed by atoms with Crippen LogP contribution < -0.4 is 5.73 Å². The average molecular weight is 196 g/mol. The number of hydrogen-bond donors (Lipinski definition) is 1. The molecule has 1 rings (SSSR count). The second-order valence-electron chi connectivity index (χ2n) is 2.55. The number of nitriles is 1. The molecule has 0 unspecified atom stereocenters. The van der Waals surface area contributed by atoms with E-state index in [1.54, 1.807) is 12.1 Å². The molecule has 0 amide bonds. The fourth-order valence-corrected chi connectivity index (χ4v) is 1.50. The highest BCUT2D eigenvalue weighted by atomic mass is 32.2. The summed E-state index contributed by atoms with van der Waals surface area (Å²) in [6.07, 6.45) is 0.637. The number of halogens is 1. The Bertz CT molecular complexity index is 333. The van der Waals surface area contributed by atoms with Crippen LogP contribution in [0.3, 0.4) is 0 Å². The van der Waals surface area contributed by atoms with Crippen molar-refractivity contribution in [3.05, 3.63) is 29.3 Å². The van der Waals surface area contributed by atoms with Gasteiger partial charge >= 0.3 is 0 Å². The van der Waals surface area contributed by atoms with Gasteiger partial charge in [0.05, 0.1) is 23.8 Å². The lowest BCUT2D eigenvalue weighted by atomic mass is 10.1. The highest BCUT2D eigenvalue weighted by Crippen LogP contribution is 2.24. The first-order valence-corrected chi connectivity index (χ1v) is 4.55. The molecule has 68 valence electrons. The largest absolute Gasteiger partial charge is 0.330 e. The molecule has 0 aliphatic carbocycles. The van der Waals surface area contributed by atoms with Crippen LogP contribution in [0.2, 0.25) is 0 Å². The first kappa shape index (κ1) is 10.0. The Morgan fingerprint density at radius 1 is 1.54 bits per heavy atom. The van der Waals surface area contributed by atoms with E-state index < -0.39 is 0 Å². The van der Waals surface area contributed by atoms with Crippen molar-refractivity contribution >= 4 is 12.1 Å². The summed E-state index contributed by atoms with van der Waals surface area (Å²) in [7, 11) is 0. The quantitative estimate of drug-likeness (QED) is 0.804. The second kappa shape index (κ2) is 4.85. The minimum atomic E-state index is 0.158. The normalized spacial score (nSPS) is 9.62. The van der Waals surface area contributed by atoms with E-state index in [2.05, 4.69) is 0 Å². The zero-order chi connectivity index (χ0) is 9.68. The van der Waals surface area contributed by atoms with E-state index >= 15 is 0 Å². The fourth-order valence-electron chi connectivity index (χ4n) is 1.06. The Morgan fingerprint density at radius 3 is 2.85 bits per heavy atom. The van der Waals surface area contributed by atoms with Crippen molar-refractivity contribution in [1.29, 1.82) is 5.26 Å². The second-order valence-corrected chi connectivity index (χ2v) is 3.14. The molecular formula is C9H9FN2S. The Hall–Kier alpha value is -1.05. The van der Waals surface area contributed by atoms with E-state index in [1.165, 1.54) is 6.07 Å². The lowest BCUT2D eigenvalue weighted by Gasteiger charge is -2.03. The van der Waals surface area contributed by atoms with Crippen LogP contribution in [0, 0.1) is 11.3 Å². The van der Waals surface area contributed by atoms with Crippen LogP contribution in [0.15, 0.2) is 23.1 Å². The molecule has 0 aromatic heterocycles. The molecule has 0 saturated heterocycles. The van der Waals surface area contributed by atoms with E-state index in [0.29, 0.717) is 23.4 Å². The van der Waals surface area contributed by atoms with Crippen molar-refractivity contribution in [3.8, 4) is 6.07 Å². The van der Waals surface area contributed by atoms with Gasteiger partial charge in [-0.1, -0.05) is 6.07 Å². The van der Waals surface area contributed by atoms with Crippen LogP contribution in [0.1, 0.15) is 11.1 Å². The molecule has 0 aliphatic heterocycles. The summed E-state index contributed by atoms with van der Waals surface area (Å²) >= 11 is 0.158. The molecular weight excluding hydrogens is 187 g/mol. The predicted molar refractivity (Wildman–Crippen MR) is 50.9 cm³/mol. The molecule has 0 heterocycles. The molecule has 0 radical (unpaired) electrons. The maximum atomic E-state index is 12.4. The van der Waals surface area contributed by atoms with Gasteiger partial charge in [0.2, 0.25) is 0 Å². The van der Waals surface area contributed by atoms with E-state index in [1.807, 2.05) is 6.07 Å². The standard InChI is InChI=1S/C9H9FN2S/c10-13-9-5-7(6-12)1-2-8(9)3-4-11/h1-2,5H,3-4,11H2. The molecule has 0 aliphatic rings. The molecule has 0 spiro atoms. The van der Waals surface area contributed by atoms with Crippen molar-refractivity contribution in [2.75, 3.05) is 6.54 Å². The van der Waals surface area contributed by atoms with Gasteiger partial charge in [-0.25, -0.2) is 0 Å². The van der Waals surface area contributed by atoms with Crippen molar-refractivity contribution < 1.29 is 3.89 Å². The highest BCUT2D eigenvalue weighted by Gasteiger charge is 2.03. The monoisotopic (exact) mass is 196 g/mol. The third-order valence-electron chi connectivity index (χ3n) is 1.69. The van der Waals surface area contributed by atoms with Crippen LogP contribution in [-0.4, -0.2) is 6.54 Å². The summed E-state index contributed by atoms with van der Waals surface area (Å²) in [6.45, 7) is 0.486. The maximum Gasteiger partial charge on any atom is 0.0992 e. The van der Waals surface area contributed by atoms with Crippen molar-refractivity contribution in [2.24, 2.45) is 5.73 Å². The Morgan fingerprint density at radius 2 is 2.31 bits per heavy atom. The number of benzene rings is 1. The summed E-state index contributed by atoms with van der Waals surface area (Å²) < 4.78 is 12.4. The molecule has 13 heavy (non-hydrogen) atoms. The molecule has 1 aromatic rings. The number of rotatable bonds is 3. The van der Waals surface area contributed by atoms with Gasteiger partial charge in [0, 0.05) is 4.90 Å². The zero-order valence-electron chi connectivity index (χ0n) is 6.96. The van der Waals surface area contributed by atoms with Crippen LogP contribution in [-0.2, 0) is 6.42 Å². The van der Waals surface area contributed by atoms with Gasteiger partial charge in [0.1, 0.15) is 0 Å². The molecule has 0 fully saturated rings. The molecule has 0 atom stereocenters. The zero-order valence-corrected chi connectivity index (χ0v) is 7.77. The topological polar surface area (TPSA) is 49.8 Å². The van der Waals surface area contributed by atoms with Crippen LogP contribution in [0.25, 0.3) is 0 Å². The SMILES string of the molecule is N#Cc1ccc(CCN)c(SF)c1. The Labute approximate surface area is 80.8 Å². The summed E-state index contributed by atoms with van der Waals surface area (Å²) in [5.41, 5.74) is 6.69. The molecule has 0 saturated carbocycles. The molecule has 1 aromatic carbocycles. The van der Waals surface area contributed by atoms with Crippen LogP contribution in [0.5, 0.6) is 0 Å². The Kier molecular flexibility index (Phi) is 3.74. The van der Waals surface area contributed by atoms with Crippen LogP contribution >= 0.6 is 12.1 Å². The van der Waals surface area contributed by atoms with E-state index in [0.717, 1.165) is 5.56 Å². The maximum absolute atomic E-state index is 12.4. The molecule has 4 heteroatoms. The summed E-state index contributed by atoms with van der Waals surface area (Å²) in [4.78, 5) is 0.490. The van der Waals surface area contributed by atoms with E-state index in [4.69, 9.17) is 11.0 Å². The summed E-state index contributed by atoms with van der Waals surface area (Å²) in [6, 6.07) is 6.91. The highest BCUT2D eigenvalue weighted by molar-refractivity contribution is 7.94. The first-order valence-electron chi connectivity index (χ1n) is 3.83. The number of hydrogen-bond acceptors (Lipinski definition) is 3. The van der Waals surface area contributed by atoms with Gasteiger partial charge in [-0.15, -0.1) is 0 Å². The minimum Gasteiger partial charge on any atom is -0.330 e. The summed E-state index contributed by atoms with van der Waals surface area (Å²) in [5.74, 6) is 0. The molecule has 2 nitrogen and oxygen atoms in total. The van der Waals surface area contributed by atoms with Gasteiger partial charge in [0.25, 0.3) is 0 Å². The van der Waals surface area contributed by atoms with E-state index in [9.17, 15) is 3.89 Å². The summed E-state index contributed by atoms with van der Waals surface area (Å²) in [5, 5.41) is 8.57. The average Bonchev–Trinajstić information content (AvgIpc) is 2.19. The van der Waals surface area contributed by atoms with Gasteiger partial charge in [-0.05, 0) is 30.7 Å². The predicted octanol–water partition coefficient (Wildman–Crippen LogP) is 2.04. The fraction of sp³-hybridized carbons (Fsp3) is 0.222. The molecule has 0 bridgehead atoms. The Balaban J connectivity index is 3.02. The first-order chi connectivity index (χ1) is 6.31. The van der Waals surface area contributed by atoms with Gasteiger partial charge < -0.3 is 5.73 Å². The van der Waals surface area contributed by atoms with Crippen molar-refractivity contribution in [1.82, 2.24) is 0 Å². The third-order valence-corrected chi connectivity index (χ3v) is 2.24. The van der Waals surface area contributed by atoms with Gasteiger partial charge in [0.15, 0.2) is 0 Å². The lowest BCUT2D eigenvalue weighted by molar-refractivity contribution is 0.908. The minimum absolute atomic E-state index is 0.158. The smallest absolute Gasteiger partial charge is 0.0992 e.